The zero-order valence-electron chi connectivity index (χ0n) is 16.9. The quantitative estimate of drug-likeness (QED) is 0.781. The van der Waals surface area contributed by atoms with Gasteiger partial charge in [-0.2, -0.15) is 0 Å². The molecule has 0 saturated carbocycles. The number of hydrogen-bond donors (Lipinski definition) is 2. The van der Waals surface area contributed by atoms with E-state index in [-0.39, 0.29) is 23.9 Å². The Morgan fingerprint density at radius 1 is 1.18 bits per heavy atom. The standard InChI is InChI=1S/C23H30N2O2.ClH/c1-16(2)17-6-8-19(9-7-17)23(26,22(3)14-25-15-22)20-11-18(12-24-13-20)21-5-4-10-27-21;/h6-9,11-13,16,21,25-26H,4-5,10,14-15H2,1-3H3;1H/t21?,23-;/m0./s1. The highest BCUT2D eigenvalue weighted by Gasteiger charge is 2.53. The number of rotatable bonds is 5. The number of aromatic nitrogens is 1. The predicted octanol–water partition coefficient (Wildman–Crippen LogP) is 4.32. The van der Waals surface area contributed by atoms with E-state index in [9.17, 15) is 5.11 Å². The molecule has 2 aromatic rings. The maximum absolute atomic E-state index is 12.1. The van der Waals surface area contributed by atoms with Crippen LogP contribution in [0.15, 0.2) is 42.7 Å². The lowest BCUT2D eigenvalue weighted by Gasteiger charge is -2.52. The molecular formula is C23H31ClN2O2. The maximum atomic E-state index is 12.1. The molecule has 0 amide bonds. The van der Waals surface area contributed by atoms with E-state index in [0.717, 1.165) is 49.2 Å². The Balaban J connectivity index is 0.00000225. The highest BCUT2D eigenvalue weighted by atomic mass is 35.5. The van der Waals surface area contributed by atoms with Gasteiger partial charge in [-0.1, -0.05) is 45.0 Å². The second kappa shape index (κ2) is 8.11. The molecular weight excluding hydrogens is 372 g/mol. The Morgan fingerprint density at radius 2 is 1.89 bits per heavy atom. The minimum atomic E-state index is -1.09. The SMILES string of the molecule is CC(C)c1ccc([C@](O)(c2cncc(C3CCCO3)c2)C2(C)CNC2)cc1.Cl. The average molecular weight is 403 g/mol. The molecule has 1 aromatic carbocycles. The van der Waals surface area contributed by atoms with Crippen LogP contribution in [0.1, 0.15) is 67.9 Å². The van der Waals surface area contributed by atoms with E-state index in [1.165, 1.54) is 5.56 Å². The Morgan fingerprint density at radius 3 is 2.43 bits per heavy atom. The number of hydrogen-bond acceptors (Lipinski definition) is 4. The van der Waals surface area contributed by atoms with Crippen LogP contribution in [0, 0.1) is 5.41 Å². The first-order valence-corrected chi connectivity index (χ1v) is 10.0. The number of nitrogens with zero attached hydrogens (tertiary/aromatic N) is 1. The van der Waals surface area contributed by atoms with Gasteiger partial charge >= 0.3 is 0 Å². The number of nitrogens with one attached hydrogen (secondary N) is 1. The third kappa shape index (κ3) is 3.48. The summed E-state index contributed by atoms with van der Waals surface area (Å²) < 4.78 is 5.85. The number of pyridine rings is 1. The van der Waals surface area contributed by atoms with Crippen molar-refractivity contribution in [3.05, 3.63) is 65.0 Å². The number of benzene rings is 1. The lowest BCUT2D eigenvalue weighted by Crippen LogP contribution is -2.63. The molecule has 2 atom stereocenters. The highest BCUT2D eigenvalue weighted by Crippen LogP contribution is 2.48. The van der Waals surface area contributed by atoms with Gasteiger partial charge in [-0.05, 0) is 41.5 Å². The van der Waals surface area contributed by atoms with Crippen LogP contribution in [0.5, 0.6) is 0 Å². The van der Waals surface area contributed by atoms with Crippen molar-refractivity contribution in [3.63, 3.8) is 0 Å². The molecule has 5 heteroatoms. The van der Waals surface area contributed by atoms with E-state index in [0.29, 0.717) is 5.92 Å². The zero-order chi connectivity index (χ0) is 19.1. The third-order valence-electron chi connectivity index (χ3n) is 6.38. The van der Waals surface area contributed by atoms with E-state index in [4.69, 9.17) is 4.74 Å². The van der Waals surface area contributed by atoms with Gasteiger partial charge in [0.05, 0.1) is 6.10 Å². The summed E-state index contributed by atoms with van der Waals surface area (Å²) >= 11 is 0. The summed E-state index contributed by atoms with van der Waals surface area (Å²) in [6, 6.07) is 10.5. The van der Waals surface area contributed by atoms with Gasteiger partial charge in [-0.3, -0.25) is 4.98 Å². The molecule has 28 heavy (non-hydrogen) atoms. The normalized spacial score (nSPS) is 23.0. The molecule has 4 nitrogen and oxygen atoms in total. The van der Waals surface area contributed by atoms with Crippen LogP contribution >= 0.6 is 12.4 Å². The molecule has 1 aromatic heterocycles. The molecule has 0 radical (unpaired) electrons. The lowest BCUT2D eigenvalue weighted by atomic mass is 9.62. The molecule has 2 aliphatic rings. The van der Waals surface area contributed by atoms with Crippen LogP contribution in [0.3, 0.4) is 0 Å². The van der Waals surface area contributed by atoms with Gasteiger partial charge in [0.2, 0.25) is 0 Å². The molecule has 3 heterocycles. The number of halogens is 1. The number of aliphatic hydroxyl groups is 1. The van der Waals surface area contributed by atoms with Crippen molar-refractivity contribution in [2.45, 2.75) is 51.2 Å². The average Bonchev–Trinajstić information content (AvgIpc) is 3.20. The van der Waals surface area contributed by atoms with Gasteiger partial charge in [-0.25, -0.2) is 0 Å². The summed E-state index contributed by atoms with van der Waals surface area (Å²) in [6.07, 6.45) is 5.89. The van der Waals surface area contributed by atoms with Gasteiger partial charge in [0.1, 0.15) is 5.60 Å². The second-order valence-electron chi connectivity index (χ2n) is 8.66. The molecule has 2 aliphatic heterocycles. The molecule has 4 rings (SSSR count). The monoisotopic (exact) mass is 402 g/mol. The minimum Gasteiger partial charge on any atom is -0.380 e. The van der Waals surface area contributed by atoms with Crippen molar-refractivity contribution in [1.29, 1.82) is 0 Å². The molecule has 2 saturated heterocycles. The molecule has 2 N–H and O–H groups in total. The Labute approximate surface area is 174 Å². The fourth-order valence-corrected chi connectivity index (χ4v) is 4.40. The van der Waals surface area contributed by atoms with Crippen LogP contribution in [0.25, 0.3) is 0 Å². The second-order valence-corrected chi connectivity index (χ2v) is 8.66. The van der Waals surface area contributed by atoms with E-state index in [1.807, 2.05) is 12.4 Å². The Bertz CT molecular complexity index is 799. The van der Waals surface area contributed by atoms with Crippen molar-refractivity contribution in [2.75, 3.05) is 19.7 Å². The summed E-state index contributed by atoms with van der Waals surface area (Å²) in [4.78, 5) is 4.48. The summed E-state index contributed by atoms with van der Waals surface area (Å²) in [5.74, 6) is 0.470. The van der Waals surface area contributed by atoms with Crippen LogP contribution in [0.2, 0.25) is 0 Å². The van der Waals surface area contributed by atoms with Crippen molar-refractivity contribution in [2.24, 2.45) is 5.41 Å². The van der Waals surface area contributed by atoms with Crippen molar-refractivity contribution < 1.29 is 9.84 Å². The first-order chi connectivity index (χ1) is 12.9. The fraction of sp³-hybridized carbons (Fsp3) is 0.522. The molecule has 0 spiro atoms. The topological polar surface area (TPSA) is 54.4 Å². The fourth-order valence-electron chi connectivity index (χ4n) is 4.40. The lowest BCUT2D eigenvalue weighted by molar-refractivity contribution is -0.0770. The first-order valence-electron chi connectivity index (χ1n) is 10.0. The van der Waals surface area contributed by atoms with Crippen molar-refractivity contribution in [3.8, 4) is 0 Å². The predicted molar refractivity (Wildman–Crippen MR) is 114 cm³/mol. The van der Waals surface area contributed by atoms with E-state index < -0.39 is 5.60 Å². The van der Waals surface area contributed by atoms with Crippen molar-refractivity contribution >= 4 is 12.4 Å². The Hall–Kier alpha value is -1.46. The summed E-state index contributed by atoms with van der Waals surface area (Å²) in [5.41, 5.74) is 2.78. The summed E-state index contributed by atoms with van der Waals surface area (Å²) in [5, 5.41) is 15.5. The van der Waals surface area contributed by atoms with Crippen molar-refractivity contribution in [1.82, 2.24) is 10.3 Å². The summed E-state index contributed by atoms with van der Waals surface area (Å²) in [6.45, 7) is 8.88. The van der Waals surface area contributed by atoms with Gasteiger partial charge in [-0.15, -0.1) is 12.4 Å². The van der Waals surface area contributed by atoms with Gasteiger partial charge in [0.15, 0.2) is 0 Å². The van der Waals surface area contributed by atoms with Crippen LogP contribution in [-0.4, -0.2) is 29.8 Å². The Kier molecular flexibility index (Phi) is 6.16. The van der Waals surface area contributed by atoms with Crippen LogP contribution in [0.4, 0.5) is 0 Å². The molecule has 0 bridgehead atoms. The number of ether oxygens (including phenoxy) is 1. The molecule has 152 valence electrons. The smallest absolute Gasteiger partial charge is 0.124 e. The van der Waals surface area contributed by atoms with Gasteiger partial charge in [0.25, 0.3) is 0 Å². The zero-order valence-corrected chi connectivity index (χ0v) is 17.8. The largest absolute Gasteiger partial charge is 0.380 e. The third-order valence-corrected chi connectivity index (χ3v) is 6.38. The minimum absolute atomic E-state index is 0. The first kappa shape index (κ1) is 21.3. The maximum Gasteiger partial charge on any atom is 0.124 e. The van der Waals surface area contributed by atoms with Crippen LogP contribution in [-0.2, 0) is 10.3 Å². The highest BCUT2D eigenvalue weighted by molar-refractivity contribution is 5.85. The van der Waals surface area contributed by atoms with Crippen LogP contribution < -0.4 is 5.32 Å². The van der Waals surface area contributed by atoms with Gasteiger partial charge < -0.3 is 15.2 Å². The summed E-state index contributed by atoms with van der Waals surface area (Å²) in [7, 11) is 0. The van der Waals surface area contributed by atoms with Gasteiger partial charge in [0, 0.05) is 43.1 Å². The molecule has 2 fully saturated rings. The molecule has 0 aliphatic carbocycles. The van der Waals surface area contributed by atoms with E-state index in [2.05, 4.69) is 61.4 Å². The van der Waals surface area contributed by atoms with E-state index >= 15 is 0 Å². The van der Waals surface area contributed by atoms with E-state index in [1.54, 1.807) is 0 Å². The molecule has 1 unspecified atom stereocenters.